The molecule has 9 heteroatoms. The Morgan fingerprint density at radius 3 is 2.31 bits per heavy atom. The summed E-state index contributed by atoms with van der Waals surface area (Å²) in [4.78, 5) is 32.6. The van der Waals surface area contributed by atoms with Gasteiger partial charge in [-0.2, -0.15) is 0 Å². The van der Waals surface area contributed by atoms with Crippen LogP contribution in [0.2, 0.25) is 5.02 Å². The van der Waals surface area contributed by atoms with Gasteiger partial charge in [0.25, 0.3) is 5.91 Å². The van der Waals surface area contributed by atoms with Crippen molar-refractivity contribution in [3.63, 3.8) is 0 Å². The quantitative estimate of drug-likeness (QED) is 0.577. The van der Waals surface area contributed by atoms with Gasteiger partial charge in [-0.25, -0.2) is 5.01 Å². The van der Waals surface area contributed by atoms with Gasteiger partial charge in [-0.1, -0.05) is 17.7 Å². The van der Waals surface area contributed by atoms with Crippen molar-refractivity contribution in [2.75, 3.05) is 59.5 Å². The Morgan fingerprint density at radius 2 is 1.64 bits per heavy atom. The fourth-order valence-electron chi connectivity index (χ4n) is 6.00. The maximum atomic E-state index is 13.9. The van der Waals surface area contributed by atoms with Crippen LogP contribution in [0.1, 0.15) is 42.3 Å². The number of rotatable bonds is 5. The summed E-state index contributed by atoms with van der Waals surface area (Å²) >= 11 is 7.60. The molecule has 0 saturated carbocycles. The van der Waals surface area contributed by atoms with Gasteiger partial charge >= 0.3 is 0 Å². The molecule has 0 N–H and O–H groups in total. The first-order chi connectivity index (χ1) is 17.4. The number of carbonyl (C=O) groups is 2. The number of amides is 2. The molecule has 1 atom stereocenters. The molecule has 3 aliphatic rings. The number of hydrogen-bond donors (Lipinski definition) is 0. The molecular formula is C27H37ClN4O3S. The number of nitrogens with zero attached hydrogens (tertiary/aromatic N) is 4. The number of benzene rings is 1. The monoisotopic (exact) mass is 532 g/mol. The zero-order valence-electron chi connectivity index (χ0n) is 21.3. The molecule has 196 valence electrons. The van der Waals surface area contributed by atoms with E-state index in [0.29, 0.717) is 42.1 Å². The van der Waals surface area contributed by atoms with E-state index in [0.717, 1.165) is 41.9 Å². The Balaban J connectivity index is 1.29. The van der Waals surface area contributed by atoms with E-state index in [2.05, 4.69) is 11.9 Å². The van der Waals surface area contributed by atoms with Crippen LogP contribution in [0, 0.1) is 11.8 Å². The predicted octanol–water partition coefficient (Wildman–Crippen LogP) is 4.21. The molecule has 5 rings (SSSR count). The van der Waals surface area contributed by atoms with Crippen LogP contribution in [0.3, 0.4) is 0 Å². The highest BCUT2D eigenvalue weighted by Gasteiger charge is 2.37. The van der Waals surface area contributed by atoms with Crippen LogP contribution >= 0.6 is 22.9 Å². The third-order valence-corrected chi connectivity index (χ3v) is 9.52. The molecular weight excluding hydrogens is 496 g/mol. The second-order valence-corrected chi connectivity index (χ2v) is 12.0. The maximum absolute atomic E-state index is 13.9. The second kappa shape index (κ2) is 11.4. The number of halogens is 1. The smallest absolute Gasteiger partial charge is 0.279 e. The van der Waals surface area contributed by atoms with Crippen molar-refractivity contribution in [1.82, 2.24) is 19.8 Å². The van der Waals surface area contributed by atoms with Crippen molar-refractivity contribution in [2.45, 2.75) is 38.6 Å². The summed E-state index contributed by atoms with van der Waals surface area (Å²) in [5.74, 6) is 1.40. The molecule has 3 aliphatic heterocycles. The van der Waals surface area contributed by atoms with Gasteiger partial charge in [0.15, 0.2) is 0 Å². The van der Waals surface area contributed by atoms with Gasteiger partial charge in [0.2, 0.25) is 5.91 Å². The third-order valence-electron chi connectivity index (χ3n) is 8.20. The second-order valence-electron chi connectivity index (χ2n) is 10.5. The van der Waals surface area contributed by atoms with Crippen molar-refractivity contribution in [3.8, 4) is 0 Å². The first kappa shape index (κ1) is 25.9. The van der Waals surface area contributed by atoms with Crippen molar-refractivity contribution in [2.24, 2.45) is 11.8 Å². The number of piperidine rings is 2. The van der Waals surface area contributed by atoms with E-state index in [1.807, 2.05) is 41.1 Å². The number of thiophene rings is 1. The van der Waals surface area contributed by atoms with E-state index in [-0.39, 0.29) is 11.8 Å². The van der Waals surface area contributed by atoms with Crippen LogP contribution in [0.25, 0.3) is 10.1 Å². The number of hydrogen-bond acceptors (Lipinski definition) is 6. The summed E-state index contributed by atoms with van der Waals surface area (Å²) in [6.45, 7) is 8.10. The Bertz CT molecular complexity index is 1070. The average molecular weight is 533 g/mol. The van der Waals surface area contributed by atoms with Gasteiger partial charge in [0, 0.05) is 35.9 Å². The summed E-state index contributed by atoms with van der Waals surface area (Å²) in [5, 5.41) is 5.34. The molecule has 3 saturated heterocycles. The molecule has 3 fully saturated rings. The van der Waals surface area contributed by atoms with Crippen LogP contribution in [0.5, 0.6) is 0 Å². The van der Waals surface area contributed by atoms with Crippen molar-refractivity contribution in [1.29, 1.82) is 0 Å². The van der Waals surface area contributed by atoms with Crippen molar-refractivity contribution >= 4 is 44.8 Å². The van der Waals surface area contributed by atoms with Gasteiger partial charge in [0.1, 0.15) is 6.04 Å². The fourth-order valence-corrected chi connectivity index (χ4v) is 7.27. The van der Waals surface area contributed by atoms with E-state index >= 15 is 0 Å². The SMILES string of the molecule is C[C@H](C(=O)N1CCC(C2CCN(C)CC2)CC1)N(C(=O)c1cc2ccc(Cl)cc2s1)N1CCOCC1. The summed E-state index contributed by atoms with van der Waals surface area (Å²) in [6.07, 6.45) is 4.67. The van der Waals surface area contributed by atoms with Gasteiger partial charge in [-0.05, 0) is 88.2 Å². The topological polar surface area (TPSA) is 56.3 Å². The first-order valence-electron chi connectivity index (χ1n) is 13.2. The fraction of sp³-hybridized carbons (Fsp3) is 0.630. The highest BCUT2D eigenvalue weighted by Crippen LogP contribution is 2.33. The zero-order valence-corrected chi connectivity index (χ0v) is 22.9. The highest BCUT2D eigenvalue weighted by atomic mass is 35.5. The highest BCUT2D eigenvalue weighted by molar-refractivity contribution is 7.20. The Kier molecular flexibility index (Phi) is 8.17. The molecule has 0 spiro atoms. The van der Waals surface area contributed by atoms with Gasteiger partial charge in [0.05, 0.1) is 18.1 Å². The Morgan fingerprint density at radius 1 is 1.00 bits per heavy atom. The minimum Gasteiger partial charge on any atom is -0.379 e. The summed E-state index contributed by atoms with van der Waals surface area (Å²) in [7, 11) is 2.20. The Labute approximate surface area is 222 Å². The average Bonchev–Trinajstić information content (AvgIpc) is 3.33. The van der Waals surface area contributed by atoms with Crippen LogP contribution in [-0.2, 0) is 9.53 Å². The van der Waals surface area contributed by atoms with E-state index in [4.69, 9.17) is 16.3 Å². The summed E-state index contributed by atoms with van der Waals surface area (Å²) in [6, 6.07) is 7.01. The maximum Gasteiger partial charge on any atom is 0.279 e. The largest absolute Gasteiger partial charge is 0.379 e. The minimum atomic E-state index is -0.565. The lowest BCUT2D eigenvalue weighted by Gasteiger charge is -2.43. The van der Waals surface area contributed by atoms with Crippen LogP contribution in [0.15, 0.2) is 24.3 Å². The lowest BCUT2D eigenvalue weighted by atomic mass is 9.79. The van der Waals surface area contributed by atoms with Crippen LogP contribution in [-0.4, -0.2) is 97.2 Å². The first-order valence-corrected chi connectivity index (χ1v) is 14.4. The zero-order chi connectivity index (χ0) is 25.2. The van der Waals surface area contributed by atoms with Gasteiger partial charge < -0.3 is 14.5 Å². The standard InChI is InChI=1S/C27H37ClN4O3S/c1-19(26(33)30-11-7-21(8-12-30)20-5-9-29(2)10-6-20)32(31-13-15-35-16-14-31)27(34)25-17-22-3-4-23(28)18-24(22)36-25/h3-4,17-21H,5-16H2,1-2H3/t19-/m1/s1. The summed E-state index contributed by atoms with van der Waals surface area (Å²) in [5.41, 5.74) is 0. The molecule has 0 unspecified atom stereocenters. The summed E-state index contributed by atoms with van der Waals surface area (Å²) < 4.78 is 6.51. The molecule has 4 heterocycles. The van der Waals surface area contributed by atoms with E-state index in [9.17, 15) is 9.59 Å². The molecule has 36 heavy (non-hydrogen) atoms. The lowest BCUT2D eigenvalue weighted by molar-refractivity contribution is -0.147. The van der Waals surface area contributed by atoms with Crippen LogP contribution in [0.4, 0.5) is 0 Å². The number of fused-ring (bicyclic) bond motifs is 1. The number of carbonyl (C=O) groups excluding carboxylic acids is 2. The number of hydrazine groups is 1. The van der Waals surface area contributed by atoms with Crippen molar-refractivity contribution in [3.05, 3.63) is 34.2 Å². The molecule has 1 aromatic heterocycles. The minimum absolute atomic E-state index is 0.0424. The Hall–Kier alpha value is -1.71. The molecule has 7 nitrogen and oxygen atoms in total. The van der Waals surface area contributed by atoms with Gasteiger partial charge in [-0.3, -0.25) is 14.6 Å². The molecule has 0 aliphatic carbocycles. The molecule has 0 bridgehead atoms. The number of likely N-dealkylation sites (tertiary alicyclic amines) is 2. The number of morpholine rings is 1. The lowest BCUT2D eigenvalue weighted by Crippen LogP contribution is -2.59. The predicted molar refractivity (Wildman–Crippen MR) is 144 cm³/mol. The van der Waals surface area contributed by atoms with E-state index in [1.165, 1.54) is 37.3 Å². The normalized spacial score (nSPS) is 22.1. The molecule has 1 aromatic carbocycles. The van der Waals surface area contributed by atoms with E-state index < -0.39 is 6.04 Å². The molecule has 2 amide bonds. The van der Waals surface area contributed by atoms with Crippen molar-refractivity contribution < 1.29 is 14.3 Å². The number of ether oxygens (including phenoxy) is 1. The van der Waals surface area contributed by atoms with E-state index in [1.54, 1.807) is 5.01 Å². The van der Waals surface area contributed by atoms with Crippen LogP contribution < -0.4 is 0 Å². The third kappa shape index (κ3) is 5.58. The molecule has 0 radical (unpaired) electrons. The molecule has 2 aromatic rings. The van der Waals surface area contributed by atoms with Gasteiger partial charge in [-0.15, -0.1) is 11.3 Å².